The van der Waals surface area contributed by atoms with Crippen LogP contribution in [-0.4, -0.2) is 50.0 Å². The standard InChI is InChI=1S/C26H31Cl4N3O4S/c1-3-24(26(35)31-19-8-5-4-6-9-19)32(15-21-22(29)10-7-11-23(21)30)25(34)16-33(38(2,36)37)20-13-17(27)12-18(28)14-20/h7,10-14,19,24H,3-6,8-9,15-16H2,1-2H3,(H,31,35)/t24-/m0/s1. The van der Waals surface area contributed by atoms with E-state index in [9.17, 15) is 18.0 Å². The van der Waals surface area contributed by atoms with Crippen LogP contribution in [0.15, 0.2) is 36.4 Å². The Bertz CT molecular complexity index is 1230. The zero-order valence-electron chi connectivity index (χ0n) is 21.2. The second-order valence-electron chi connectivity index (χ2n) is 9.39. The van der Waals surface area contributed by atoms with Crippen molar-refractivity contribution in [3.63, 3.8) is 0 Å². The molecule has 1 aliphatic rings. The first-order valence-electron chi connectivity index (χ1n) is 12.4. The summed E-state index contributed by atoms with van der Waals surface area (Å²) in [5.41, 5.74) is 0.596. The third-order valence-electron chi connectivity index (χ3n) is 6.54. The van der Waals surface area contributed by atoms with Gasteiger partial charge in [-0.3, -0.25) is 13.9 Å². The normalized spacial score (nSPS) is 15.1. The van der Waals surface area contributed by atoms with E-state index in [0.717, 1.165) is 42.7 Å². The summed E-state index contributed by atoms with van der Waals surface area (Å²) in [6.45, 7) is 1.14. The molecule has 1 aliphatic carbocycles. The van der Waals surface area contributed by atoms with Gasteiger partial charge in [0.15, 0.2) is 0 Å². The molecule has 0 unspecified atom stereocenters. The number of hydrogen-bond acceptors (Lipinski definition) is 4. The molecule has 2 aromatic rings. The first-order valence-corrected chi connectivity index (χ1v) is 15.7. The lowest BCUT2D eigenvalue weighted by molar-refractivity contribution is -0.140. The Hall–Kier alpha value is -1.71. The Kier molecular flexibility index (Phi) is 11.0. The number of carbonyl (C=O) groups is 2. The molecule has 0 bridgehead atoms. The van der Waals surface area contributed by atoms with Crippen LogP contribution in [-0.2, 0) is 26.2 Å². The molecule has 12 heteroatoms. The topological polar surface area (TPSA) is 86.8 Å². The highest BCUT2D eigenvalue weighted by atomic mass is 35.5. The molecule has 1 N–H and O–H groups in total. The van der Waals surface area contributed by atoms with E-state index in [2.05, 4.69) is 5.32 Å². The summed E-state index contributed by atoms with van der Waals surface area (Å²) in [6, 6.07) is 8.41. The van der Waals surface area contributed by atoms with Crippen LogP contribution in [0.5, 0.6) is 0 Å². The van der Waals surface area contributed by atoms with E-state index in [1.54, 1.807) is 25.1 Å². The molecule has 208 valence electrons. The monoisotopic (exact) mass is 621 g/mol. The van der Waals surface area contributed by atoms with Crippen molar-refractivity contribution >= 4 is 73.9 Å². The Morgan fingerprint density at radius 1 is 1.00 bits per heavy atom. The van der Waals surface area contributed by atoms with E-state index < -0.39 is 28.5 Å². The van der Waals surface area contributed by atoms with Crippen molar-refractivity contribution in [2.45, 2.75) is 64.1 Å². The van der Waals surface area contributed by atoms with Gasteiger partial charge in [0.25, 0.3) is 0 Å². The fourth-order valence-corrected chi connectivity index (χ4v) is 6.48. The lowest BCUT2D eigenvalue weighted by Gasteiger charge is -2.34. The van der Waals surface area contributed by atoms with Gasteiger partial charge in [-0.2, -0.15) is 0 Å². The average Bonchev–Trinajstić information content (AvgIpc) is 2.83. The van der Waals surface area contributed by atoms with Gasteiger partial charge in [0.1, 0.15) is 12.6 Å². The van der Waals surface area contributed by atoms with Crippen LogP contribution in [0.3, 0.4) is 0 Å². The summed E-state index contributed by atoms with van der Waals surface area (Å²) >= 11 is 25.0. The summed E-state index contributed by atoms with van der Waals surface area (Å²) in [5.74, 6) is -0.902. The maximum Gasteiger partial charge on any atom is 0.244 e. The zero-order chi connectivity index (χ0) is 28.0. The first kappa shape index (κ1) is 30.8. The van der Waals surface area contributed by atoms with E-state index >= 15 is 0 Å². The molecule has 0 aliphatic heterocycles. The Labute approximate surface area is 244 Å². The highest BCUT2D eigenvalue weighted by Gasteiger charge is 2.33. The van der Waals surface area contributed by atoms with Crippen LogP contribution in [0.4, 0.5) is 5.69 Å². The largest absolute Gasteiger partial charge is 0.352 e. The number of hydrogen-bond donors (Lipinski definition) is 1. The number of carbonyl (C=O) groups excluding carboxylic acids is 2. The van der Waals surface area contributed by atoms with E-state index in [-0.39, 0.29) is 34.2 Å². The second kappa shape index (κ2) is 13.6. The van der Waals surface area contributed by atoms with Gasteiger partial charge in [-0.25, -0.2) is 8.42 Å². The third kappa shape index (κ3) is 8.15. The molecule has 2 amide bonds. The minimum atomic E-state index is -3.93. The van der Waals surface area contributed by atoms with Crippen LogP contribution in [0.2, 0.25) is 20.1 Å². The molecule has 1 saturated carbocycles. The molecular formula is C26H31Cl4N3O4S. The summed E-state index contributed by atoms with van der Waals surface area (Å²) in [5, 5.41) is 4.18. The second-order valence-corrected chi connectivity index (χ2v) is 13.0. The van der Waals surface area contributed by atoms with Crippen LogP contribution in [0, 0.1) is 0 Å². The number of anilines is 1. The Balaban J connectivity index is 1.98. The molecule has 1 fully saturated rings. The number of sulfonamides is 1. The van der Waals surface area contributed by atoms with Crippen LogP contribution >= 0.6 is 46.4 Å². The summed E-state index contributed by atoms with van der Waals surface area (Å²) in [6.07, 6.45) is 6.24. The SMILES string of the molecule is CC[C@@H](C(=O)NC1CCCCC1)N(Cc1c(Cl)cccc1Cl)C(=O)CN(c1cc(Cl)cc(Cl)c1)S(C)(=O)=O. The number of halogens is 4. The van der Waals surface area contributed by atoms with Gasteiger partial charge in [-0.1, -0.05) is 78.7 Å². The molecule has 38 heavy (non-hydrogen) atoms. The third-order valence-corrected chi connectivity index (χ3v) is 8.83. The van der Waals surface area contributed by atoms with E-state index in [4.69, 9.17) is 46.4 Å². The first-order chi connectivity index (χ1) is 17.9. The van der Waals surface area contributed by atoms with Crippen molar-refractivity contribution in [1.29, 1.82) is 0 Å². The molecule has 0 aromatic heterocycles. The van der Waals surface area contributed by atoms with Gasteiger partial charge in [-0.15, -0.1) is 0 Å². The predicted octanol–water partition coefficient (Wildman–Crippen LogP) is 6.32. The van der Waals surface area contributed by atoms with Crippen molar-refractivity contribution in [2.75, 3.05) is 17.1 Å². The number of nitrogens with zero attached hydrogens (tertiary/aromatic N) is 2. The van der Waals surface area contributed by atoms with Gasteiger partial charge in [0.05, 0.1) is 11.9 Å². The van der Waals surface area contributed by atoms with Crippen molar-refractivity contribution in [1.82, 2.24) is 10.2 Å². The fraction of sp³-hybridized carbons (Fsp3) is 0.462. The van der Waals surface area contributed by atoms with Crippen molar-refractivity contribution in [3.05, 3.63) is 62.1 Å². The smallest absolute Gasteiger partial charge is 0.244 e. The molecule has 7 nitrogen and oxygen atoms in total. The Morgan fingerprint density at radius 2 is 1.58 bits per heavy atom. The molecule has 0 radical (unpaired) electrons. The minimum Gasteiger partial charge on any atom is -0.352 e. The molecule has 0 heterocycles. The van der Waals surface area contributed by atoms with Crippen LogP contribution < -0.4 is 9.62 Å². The molecular weight excluding hydrogens is 592 g/mol. The lowest BCUT2D eigenvalue weighted by Crippen LogP contribution is -2.54. The summed E-state index contributed by atoms with van der Waals surface area (Å²) in [4.78, 5) is 28.7. The highest BCUT2D eigenvalue weighted by molar-refractivity contribution is 7.92. The summed E-state index contributed by atoms with van der Waals surface area (Å²) in [7, 11) is -3.93. The maximum atomic E-state index is 13.9. The van der Waals surface area contributed by atoms with Gasteiger partial charge >= 0.3 is 0 Å². The van der Waals surface area contributed by atoms with Crippen LogP contribution in [0.25, 0.3) is 0 Å². The number of nitrogens with one attached hydrogen (secondary N) is 1. The van der Waals surface area contributed by atoms with Gasteiger partial charge in [-0.05, 0) is 49.6 Å². The molecule has 2 aromatic carbocycles. The molecule has 3 rings (SSSR count). The molecule has 0 saturated heterocycles. The Morgan fingerprint density at radius 3 is 2.11 bits per heavy atom. The highest BCUT2D eigenvalue weighted by Crippen LogP contribution is 2.30. The summed E-state index contributed by atoms with van der Waals surface area (Å²) < 4.78 is 26.4. The quantitative estimate of drug-likeness (QED) is 0.336. The van der Waals surface area contributed by atoms with Gasteiger partial charge < -0.3 is 10.2 Å². The lowest BCUT2D eigenvalue weighted by atomic mass is 9.95. The van der Waals surface area contributed by atoms with Crippen molar-refractivity contribution < 1.29 is 18.0 Å². The zero-order valence-corrected chi connectivity index (χ0v) is 25.1. The van der Waals surface area contributed by atoms with Gasteiger partial charge in [0.2, 0.25) is 21.8 Å². The van der Waals surface area contributed by atoms with Gasteiger partial charge in [0, 0.05) is 38.2 Å². The maximum absolute atomic E-state index is 13.9. The fourth-order valence-electron chi connectivity index (χ4n) is 4.61. The van der Waals surface area contributed by atoms with Crippen LogP contribution in [0.1, 0.15) is 51.0 Å². The number of amides is 2. The molecule has 0 spiro atoms. The molecule has 1 atom stereocenters. The van der Waals surface area contributed by atoms with E-state index in [0.29, 0.717) is 22.0 Å². The average molecular weight is 623 g/mol. The van der Waals surface area contributed by atoms with Crippen molar-refractivity contribution in [2.24, 2.45) is 0 Å². The van der Waals surface area contributed by atoms with E-state index in [1.165, 1.54) is 23.1 Å². The number of rotatable bonds is 10. The minimum absolute atomic E-state index is 0.0345. The van der Waals surface area contributed by atoms with Crippen molar-refractivity contribution in [3.8, 4) is 0 Å². The van der Waals surface area contributed by atoms with E-state index in [1.807, 2.05) is 0 Å². The predicted molar refractivity (Wildman–Crippen MR) is 155 cm³/mol. The number of benzene rings is 2.